The second-order valence-electron chi connectivity index (χ2n) is 5.88. The van der Waals surface area contributed by atoms with Gasteiger partial charge in [-0.25, -0.2) is 0 Å². The first-order chi connectivity index (χ1) is 10.6. The van der Waals surface area contributed by atoms with Crippen molar-refractivity contribution in [1.29, 1.82) is 0 Å². The van der Waals surface area contributed by atoms with Crippen molar-refractivity contribution in [3.05, 3.63) is 28.2 Å². The maximum absolute atomic E-state index is 11.1. The predicted molar refractivity (Wildman–Crippen MR) is 85.7 cm³/mol. The molecule has 1 saturated carbocycles. The summed E-state index contributed by atoms with van der Waals surface area (Å²) in [6.45, 7) is 1.06. The van der Waals surface area contributed by atoms with Crippen molar-refractivity contribution in [3.8, 4) is 0 Å². The molecule has 2 atom stereocenters. The van der Waals surface area contributed by atoms with E-state index in [1.165, 1.54) is 0 Å². The van der Waals surface area contributed by atoms with Crippen molar-refractivity contribution in [2.24, 2.45) is 5.92 Å². The van der Waals surface area contributed by atoms with Crippen molar-refractivity contribution >= 4 is 27.6 Å². The molecule has 3 rings (SSSR count). The van der Waals surface area contributed by atoms with Gasteiger partial charge in [0, 0.05) is 23.2 Å². The Morgan fingerprint density at radius 3 is 2.95 bits per heavy atom. The Hall–Kier alpha value is -1.11. The number of hydrogen-bond acceptors (Lipinski definition) is 4. The van der Waals surface area contributed by atoms with Crippen LogP contribution in [0.4, 0.5) is 5.69 Å². The summed E-state index contributed by atoms with van der Waals surface area (Å²) in [7, 11) is 0. The Bertz CT molecular complexity index is 547. The van der Waals surface area contributed by atoms with Gasteiger partial charge in [-0.15, -0.1) is 0 Å². The Balaban J connectivity index is 1.61. The summed E-state index contributed by atoms with van der Waals surface area (Å²) >= 11 is 3.54. The third kappa shape index (κ3) is 4.21. The van der Waals surface area contributed by atoms with Gasteiger partial charge in [-0.2, -0.15) is 0 Å². The fourth-order valence-corrected chi connectivity index (χ4v) is 2.89. The first-order valence-corrected chi connectivity index (χ1v) is 8.42. The smallest absolute Gasteiger partial charge is 0.306 e. The molecule has 0 amide bonds. The molecule has 120 valence electrons. The SMILES string of the molecule is O=C(O)C1CCOC(Nc2ccc(Br)c(COC3CC3)c2)C1. The van der Waals surface area contributed by atoms with E-state index in [9.17, 15) is 4.79 Å². The molecule has 2 fully saturated rings. The zero-order valence-electron chi connectivity index (χ0n) is 12.3. The second kappa shape index (κ2) is 6.98. The summed E-state index contributed by atoms with van der Waals surface area (Å²) in [4.78, 5) is 11.1. The minimum atomic E-state index is -0.746. The van der Waals surface area contributed by atoms with Crippen LogP contribution in [0.15, 0.2) is 22.7 Å². The fourth-order valence-electron chi connectivity index (χ4n) is 2.53. The van der Waals surface area contributed by atoms with Gasteiger partial charge in [0.05, 0.1) is 18.6 Å². The maximum Gasteiger partial charge on any atom is 0.306 e. The average molecular weight is 370 g/mol. The van der Waals surface area contributed by atoms with Crippen molar-refractivity contribution in [2.75, 3.05) is 11.9 Å². The molecule has 2 N–H and O–H groups in total. The monoisotopic (exact) mass is 369 g/mol. The lowest BCUT2D eigenvalue weighted by Crippen LogP contribution is -2.35. The quantitative estimate of drug-likeness (QED) is 0.804. The molecule has 1 aromatic carbocycles. The summed E-state index contributed by atoms with van der Waals surface area (Å²) in [5, 5.41) is 12.4. The third-order valence-electron chi connectivity index (χ3n) is 4.01. The van der Waals surface area contributed by atoms with Crippen LogP contribution in [0.3, 0.4) is 0 Å². The molecule has 5 nitrogen and oxygen atoms in total. The van der Waals surface area contributed by atoms with E-state index in [1.54, 1.807) is 0 Å². The van der Waals surface area contributed by atoms with Crippen molar-refractivity contribution in [2.45, 2.75) is 44.6 Å². The lowest BCUT2D eigenvalue weighted by molar-refractivity contribution is -0.146. The molecule has 2 aliphatic rings. The Morgan fingerprint density at radius 1 is 1.41 bits per heavy atom. The zero-order valence-corrected chi connectivity index (χ0v) is 13.8. The van der Waals surface area contributed by atoms with Crippen LogP contribution in [0, 0.1) is 5.92 Å². The second-order valence-corrected chi connectivity index (χ2v) is 6.73. The van der Waals surface area contributed by atoms with Crippen LogP contribution >= 0.6 is 15.9 Å². The molecule has 0 aromatic heterocycles. The van der Waals surface area contributed by atoms with Gasteiger partial charge >= 0.3 is 5.97 Å². The summed E-state index contributed by atoms with van der Waals surface area (Å²) in [5.41, 5.74) is 2.01. The minimum Gasteiger partial charge on any atom is -0.481 e. The lowest BCUT2D eigenvalue weighted by Gasteiger charge is -2.28. The number of rotatable bonds is 6. The predicted octanol–water partition coefficient (Wildman–Crippen LogP) is 3.38. The van der Waals surface area contributed by atoms with Crippen LogP contribution < -0.4 is 5.32 Å². The molecule has 1 heterocycles. The highest BCUT2D eigenvalue weighted by atomic mass is 79.9. The van der Waals surface area contributed by atoms with Gasteiger partial charge in [-0.3, -0.25) is 4.79 Å². The molecule has 1 aliphatic heterocycles. The first kappa shape index (κ1) is 15.8. The number of ether oxygens (including phenoxy) is 2. The minimum absolute atomic E-state index is 0.256. The Morgan fingerprint density at radius 2 is 2.23 bits per heavy atom. The first-order valence-electron chi connectivity index (χ1n) is 7.63. The molecular formula is C16H20BrNO4. The van der Waals surface area contributed by atoms with E-state index in [0.29, 0.717) is 32.2 Å². The van der Waals surface area contributed by atoms with E-state index in [4.69, 9.17) is 14.6 Å². The molecule has 22 heavy (non-hydrogen) atoms. The molecule has 1 saturated heterocycles. The van der Waals surface area contributed by atoms with Gasteiger partial charge in [0.25, 0.3) is 0 Å². The molecule has 0 radical (unpaired) electrons. The summed E-state index contributed by atoms with van der Waals surface area (Å²) in [6, 6.07) is 5.96. The molecular weight excluding hydrogens is 350 g/mol. The largest absolute Gasteiger partial charge is 0.481 e. The van der Waals surface area contributed by atoms with Gasteiger partial charge in [0.2, 0.25) is 0 Å². The highest BCUT2D eigenvalue weighted by Gasteiger charge is 2.27. The molecule has 6 heteroatoms. The lowest BCUT2D eigenvalue weighted by atomic mass is 9.99. The molecule has 1 aromatic rings. The van der Waals surface area contributed by atoms with Crippen molar-refractivity contribution in [3.63, 3.8) is 0 Å². The molecule has 1 aliphatic carbocycles. The van der Waals surface area contributed by atoms with E-state index in [1.807, 2.05) is 18.2 Å². The number of anilines is 1. The van der Waals surface area contributed by atoms with Crippen molar-refractivity contribution < 1.29 is 19.4 Å². The highest BCUT2D eigenvalue weighted by Crippen LogP contribution is 2.29. The van der Waals surface area contributed by atoms with Crippen LogP contribution in [-0.2, 0) is 20.9 Å². The van der Waals surface area contributed by atoms with Crippen LogP contribution in [0.5, 0.6) is 0 Å². The number of aliphatic carboxylic acids is 1. The van der Waals surface area contributed by atoms with E-state index in [0.717, 1.165) is 28.6 Å². The summed E-state index contributed by atoms with van der Waals surface area (Å²) in [6.07, 6.45) is 3.53. The Labute approximate surface area is 138 Å². The van der Waals surface area contributed by atoms with Crippen LogP contribution in [-0.4, -0.2) is 30.0 Å². The molecule has 2 unspecified atom stereocenters. The van der Waals surface area contributed by atoms with Crippen molar-refractivity contribution in [1.82, 2.24) is 0 Å². The fraction of sp³-hybridized carbons (Fsp3) is 0.562. The summed E-state index contributed by atoms with van der Waals surface area (Å²) < 4.78 is 12.4. The van der Waals surface area contributed by atoms with Gasteiger partial charge in [0.15, 0.2) is 0 Å². The van der Waals surface area contributed by atoms with Gasteiger partial charge in [-0.05, 0) is 43.0 Å². The molecule has 0 bridgehead atoms. The van der Waals surface area contributed by atoms with E-state index in [2.05, 4.69) is 21.2 Å². The zero-order chi connectivity index (χ0) is 15.5. The highest BCUT2D eigenvalue weighted by molar-refractivity contribution is 9.10. The molecule has 0 spiro atoms. The maximum atomic E-state index is 11.1. The van der Waals surface area contributed by atoms with Gasteiger partial charge in [0.1, 0.15) is 6.23 Å². The number of carboxylic acids is 1. The topological polar surface area (TPSA) is 67.8 Å². The normalized spacial score (nSPS) is 25.0. The van der Waals surface area contributed by atoms with Gasteiger partial charge < -0.3 is 19.9 Å². The number of nitrogens with one attached hydrogen (secondary N) is 1. The van der Waals surface area contributed by atoms with E-state index in [-0.39, 0.29) is 12.1 Å². The van der Waals surface area contributed by atoms with Gasteiger partial charge in [-0.1, -0.05) is 15.9 Å². The van der Waals surface area contributed by atoms with Crippen LogP contribution in [0.25, 0.3) is 0 Å². The number of carboxylic acid groups (broad SMARTS) is 1. The van der Waals surface area contributed by atoms with E-state index < -0.39 is 5.97 Å². The van der Waals surface area contributed by atoms with Crippen LogP contribution in [0.1, 0.15) is 31.2 Å². The van der Waals surface area contributed by atoms with E-state index >= 15 is 0 Å². The average Bonchev–Trinajstić information content (AvgIpc) is 3.32. The number of hydrogen-bond donors (Lipinski definition) is 2. The number of benzene rings is 1. The summed E-state index contributed by atoms with van der Waals surface area (Å²) in [5.74, 6) is -1.08. The standard InChI is InChI=1S/C16H20BrNO4/c17-14-4-1-12(7-11(14)9-22-13-2-3-13)18-15-8-10(16(19)20)5-6-21-15/h1,4,7,10,13,15,18H,2-3,5-6,8-9H2,(H,19,20). The van der Waals surface area contributed by atoms with Crippen LogP contribution in [0.2, 0.25) is 0 Å². The Kier molecular flexibility index (Phi) is 5.00. The number of carbonyl (C=O) groups is 1. The number of halogens is 1. The third-order valence-corrected chi connectivity index (χ3v) is 4.78.